The van der Waals surface area contributed by atoms with E-state index in [2.05, 4.69) is 10.2 Å². The number of amides is 1. The van der Waals surface area contributed by atoms with Crippen LogP contribution in [0.1, 0.15) is 36.1 Å². The summed E-state index contributed by atoms with van der Waals surface area (Å²) in [6.07, 6.45) is 0.849. The van der Waals surface area contributed by atoms with Crippen molar-refractivity contribution in [3.05, 3.63) is 104 Å². The number of carbonyl (C=O) groups excluding carboxylic acids is 2. The second kappa shape index (κ2) is 12.8. The zero-order chi connectivity index (χ0) is 29.1. The number of halogens is 3. The molecule has 3 aromatic carbocycles. The predicted molar refractivity (Wildman–Crippen MR) is 164 cm³/mol. The van der Waals surface area contributed by atoms with Crippen molar-refractivity contribution in [2.24, 2.45) is 0 Å². The molecule has 1 aromatic heterocycles. The van der Waals surface area contributed by atoms with Gasteiger partial charge in [0.25, 0.3) is 5.78 Å². The minimum atomic E-state index is -1.01. The standard InChI is InChI=1S/C29H22Cl3N3O4S2/c1-2-13-39-20-10-5-17(6-11-20)25(36)23-24(18-7-12-21(31)22(32)14-18)35(27(38)26(23)37)28-33-34-29(41-28)40-15-16-3-8-19(30)9-4-16/h3-12,14,24,36H,2,13,15H2,1H3/b25-23-. The van der Waals surface area contributed by atoms with Gasteiger partial charge < -0.3 is 9.84 Å². The van der Waals surface area contributed by atoms with Gasteiger partial charge in [0.15, 0.2) is 4.34 Å². The first kappa shape index (κ1) is 29.4. The number of aliphatic hydroxyl groups is 1. The van der Waals surface area contributed by atoms with Gasteiger partial charge in [0.05, 0.1) is 28.3 Å². The first-order valence-electron chi connectivity index (χ1n) is 12.5. The van der Waals surface area contributed by atoms with Crippen LogP contribution in [0.15, 0.2) is 76.6 Å². The molecule has 1 fully saturated rings. The largest absolute Gasteiger partial charge is 0.507 e. The fourth-order valence-corrected chi connectivity index (χ4v) is 6.45. The Morgan fingerprint density at radius 3 is 2.41 bits per heavy atom. The Morgan fingerprint density at radius 1 is 1.00 bits per heavy atom. The molecule has 0 bridgehead atoms. The molecule has 210 valence electrons. The maximum Gasteiger partial charge on any atom is 0.301 e. The van der Waals surface area contributed by atoms with E-state index in [1.165, 1.54) is 28.0 Å². The third kappa shape index (κ3) is 6.39. The number of rotatable bonds is 9. The van der Waals surface area contributed by atoms with Crippen molar-refractivity contribution in [1.29, 1.82) is 0 Å². The SMILES string of the molecule is CCCOc1ccc(/C(O)=C2/C(=O)C(=O)N(c3nnc(SCc4ccc(Cl)cc4)s3)C2c2ccc(Cl)c(Cl)c2)cc1. The lowest BCUT2D eigenvalue weighted by atomic mass is 9.95. The lowest BCUT2D eigenvalue weighted by Crippen LogP contribution is -2.29. The summed E-state index contributed by atoms with van der Waals surface area (Å²) in [5.41, 5.74) is 1.78. The van der Waals surface area contributed by atoms with E-state index in [0.717, 1.165) is 12.0 Å². The summed E-state index contributed by atoms with van der Waals surface area (Å²) in [6, 6.07) is 17.9. The monoisotopic (exact) mass is 645 g/mol. The van der Waals surface area contributed by atoms with Crippen LogP contribution in [-0.2, 0) is 15.3 Å². The van der Waals surface area contributed by atoms with E-state index < -0.39 is 17.7 Å². The Bertz CT molecular complexity index is 1630. The number of hydrogen-bond donors (Lipinski definition) is 1. The number of ether oxygens (including phenoxy) is 1. The van der Waals surface area contributed by atoms with E-state index >= 15 is 0 Å². The fourth-order valence-electron chi connectivity index (χ4n) is 4.20. The molecule has 0 saturated carbocycles. The smallest absolute Gasteiger partial charge is 0.301 e. The van der Waals surface area contributed by atoms with E-state index in [1.807, 2.05) is 31.2 Å². The molecule has 1 saturated heterocycles. The summed E-state index contributed by atoms with van der Waals surface area (Å²) in [6.45, 7) is 2.55. The maximum atomic E-state index is 13.5. The number of Topliss-reactive ketones (excluding diaryl/α,β-unsaturated/α-hetero) is 1. The molecule has 1 aliphatic heterocycles. The molecule has 1 N–H and O–H groups in total. The maximum absolute atomic E-state index is 13.5. The van der Waals surface area contributed by atoms with Crippen LogP contribution in [0.25, 0.3) is 5.76 Å². The van der Waals surface area contributed by atoms with E-state index in [-0.39, 0.29) is 21.5 Å². The highest BCUT2D eigenvalue weighted by atomic mass is 35.5. The number of benzene rings is 3. The molecule has 1 aliphatic rings. The molecule has 1 amide bonds. The molecule has 1 unspecified atom stereocenters. The zero-order valence-corrected chi connectivity index (χ0v) is 25.4. The molecule has 0 aliphatic carbocycles. The Balaban J connectivity index is 1.52. The van der Waals surface area contributed by atoms with Crippen LogP contribution >= 0.6 is 57.9 Å². The molecule has 0 spiro atoms. The van der Waals surface area contributed by atoms with E-state index in [9.17, 15) is 14.7 Å². The van der Waals surface area contributed by atoms with Gasteiger partial charge in [-0.2, -0.15) is 0 Å². The molecule has 41 heavy (non-hydrogen) atoms. The summed E-state index contributed by atoms with van der Waals surface area (Å²) in [5, 5.41) is 21.2. The Hall–Kier alpha value is -3.08. The van der Waals surface area contributed by atoms with Gasteiger partial charge in [-0.25, -0.2) is 0 Å². The van der Waals surface area contributed by atoms with Crippen molar-refractivity contribution in [1.82, 2.24) is 10.2 Å². The minimum Gasteiger partial charge on any atom is -0.507 e. The van der Waals surface area contributed by atoms with Crippen LogP contribution in [0.2, 0.25) is 15.1 Å². The van der Waals surface area contributed by atoms with Crippen molar-refractivity contribution >= 4 is 80.5 Å². The van der Waals surface area contributed by atoms with Gasteiger partial charge in [-0.3, -0.25) is 14.5 Å². The normalized spacial score (nSPS) is 16.4. The molecule has 4 aromatic rings. The topological polar surface area (TPSA) is 92.6 Å². The third-order valence-electron chi connectivity index (χ3n) is 6.18. The van der Waals surface area contributed by atoms with Gasteiger partial charge in [-0.05, 0) is 66.1 Å². The van der Waals surface area contributed by atoms with Crippen LogP contribution in [-0.4, -0.2) is 33.6 Å². The number of aliphatic hydroxyl groups excluding tert-OH is 1. The quantitative estimate of drug-likeness (QED) is 0.0644. The molecule has 2 heterocycles. The van der Waals surface area contributed by atoms with Crippen molar-refractivity contribution in [3.8, 4) is 5.75 Å². The highest BCUT2D eigenvalue weighted by Crippen LogP contribution is 2.45. The number of hydrogen-bond acceptors (Lipinski definition) is 8. The minimum absolute atomic E-state index is 0.0961. The van der Waals surface area contributed by atoms with Crippen LogP contribution in [0.4, 0.5) is 5.13 Å². The van der Waals surface area contributed by atoms with Crippen LogP contribution < -0.4 is 9.64 Å². The number of aromatic nitrogens is 2. The highest BCUT2D eigenvalue weighted by molar-refractivity contribution is 8.00. The van der Waals surface area contributed by atoms with Gasteiger partial charge >= 0.3 is 5.91 Å². The lowest BCUT2D eigenvalue weighted by molar-refractivity contribution is -0.132. The fraction of sp³-hybridized carbons (Fsp3) is 0.172. The second-order valence-corrected chi connectivity index (χ2v) is 12.4. The van der Waals surface area contributed by atoms with Gasteiger partial charge in [0.1, 0.15) is 11.5 Å². The van der Waals surface area contributed by atoms with Crippen molar-refractivity contribution in [2.75, 3.05) is 11.5 Å². The van der Waals surface area contributed by atoms with Crippen molar-refractivity contribution in [3.63, 3.8) is 0 Å². The summed E-state index contributed by atoms with van der Waals surface area (Å²) in [4.78, 5) is 28.1. The second-order valence-electron chi connectivity index (χ2n) is 8.98. The van der Waals surface area contributed by atoms with Crippen LogP contribution in [0.5, 0.6) is 5.75 Å². The highest BCUT2D eigenvalue weighted by Gasteiger charge is 2.48. The molecule has 12 heteroatoms. The summed E-state index contributed by atoms with van der Waals surface area (Å²) in [7, 11) is 0. The zero-order valence-electron chi connectivity index (χ0n) is 21.5. The summed E-state index contributed by atoms with van der Waals surface area (Å²) >= 11 is 21.1. The molecule has 7 nitrogen and oxygen atoms in total. The first-order valence-corrected chi connectivity index (χ1v) is 15.4. The van der Waals surface area contributed by atoms with Crippen LogP contribution in [0, 0.1) is 0 Å². The van der Waals surface area contributed by atoms with Gasteiger partial charge in [-0.15, -0.1) is 10.2 Å². The Labute approximate surface area is 259 Å². The summed E-state index contributed by atoms with van der Waals surface area (Å²) < 4.78 is 6.23. The molecular formula is C29H22Cl3N3O4S2. The Morgan fingerprint density at radius 2 is 1.73 bits per heavy atom. The number of anilines is 1. The summed E-state index contributed by atoms with van der Waals surface area (Å²) in [5.74, 6) is -0.779. The van der Waals surface area contributed by atoms with E-state index in [1.54, 1.807) is 42.5 Å². The number of nitrogens with zero attached hydrogens (tertiary/aromatic N) is 3. The first-order chi connectivity index (χ1) is 19.8. The van der Waals surface area contributed by atoms with Gasteiger partial charge in [0, 0.05) is 16.3 Å². The average molecular weight is 647 g/mol. The van der Waals surface area contributed by atoms with Crippen molar-refractivity contribution in [2.45, 2.75) is 29.5 Å². The van der Waals surface area contributed by atoms with Crippen LogP contribution in [0.3, 0.4) is 0 Å². The average Bonchev–Trinajstić information content (AvgIpc) is 3.55. The molecule has 5 rings (SSSR count). The predicted octanol–water partition coefficient (Wildman–Crippen LogP) is 8.21. The molecular weight excluding hydrogens is 625 g/mol. The Kier molecular flexibility index (Phi) is 9.21. The molecule has 0 radical (unpaired) electrons. The van der Waals surface area contributed by atoms with Gasteiger partial charge in [0.2, 0.25) is 5.13 Å². The van der Waals surface area contributed by atoms with Gasteiger partial charge in [-0.1, -0.05) is 83.0 Å². The number of ketones is 1. The molecule has 1 atom stereocenters. The van der Waals surface area contributed by atoms with E-state index in [0.29, 0.717) is 43.6 Å². The third-order valence-corrected chi connectivity index (χ3v) is 9.30. The van der Waals surface area contributed by atoms with Crippen molar-refractivity contribution < 1.29 is 19.4 Å². The number of thioether (sulfide) groups is 1. The lowest BCUT2D eigenvalue weighted by Gasteiger charge is -2.23. The number of carbonyl (C=O) groups is 2. The van der Waals surface area contributed by atoms with E-state index in [4.69, 9.17) is 39.5 Å².